The van der Waals surface area contributed by atoms with Crippen LogP contribution in [0.5, 0.6) is 0 Å². The lowest BCUT2D eigenvalue weighted by Gasteiger charge is -2.18. The van der Waals surface area contributed by atoms with E-state index in [0.717, 1.165) is 0 Å². The van der Waals surface area contributed by atoms with Crippen LogP contribution in [0.1, 0.15) is 0 Å². The molecule has 2 unspecified atom stereocenters. The van der Waals surface area contributed by atoms with E-state index < -0.39 is 18.2 Å². The average molecular weight is 148 g/mol. The summed E-state index contributed by atoms with van der Waals surface area (Å²) in [6.45, 7) is 0. The molecule has 7 heteroatoms. The molecule has 0 saturated carbocycles. The number of hydroxylamine groups is 1. The molecule has 0 aromatic carbocycles. The third kappa shape index (κ3) is 0.814. The molecular formula is C3H8N4O3. The Morgan fingerprint density at radius 2 is 2.10 bits per heavy atom. The third-order valence-corrected chi connectivity index (χ3v) is 1.29. The molecule has 0 radical (unpaired) electrons. The molecule has 6 N–H and O–H groups in total. The summed E-state index contributed by atoms with van der Waals surface area (Å²) in [5.74, 6) is 4.27. The van der Waals surface area contributed by atoms with Gasteiger partial charge in [0.15, 0.2) is 6.17 Å². The molecule has 0 amide bonds. The van der Waals surface area contributed by atoms with Crippen molar-refractivity contribution in [1.29, 1.82) is 0 Å². The SMILES string of the molecule is NC1C(=O)C(O)N(O)N1N. The molecule has 10 heavy (non-hydrogen) atoms. The third-order valence-electron chi connectivity index (χ3n) is 1.29. The lowest BCUT2D eigenvalue weighted by atomic mass is 10.3. The van der Waals surface area contributed by atoms with Crippen LogP contribution in [0, 0.1) is 0 Å². The van der Waals surface area contributed by atoms with Gasteiger partial charge >= 0.3 is 0 Å². The van der Waals surface area contributed by atoms with E-state index in [-0.39, 0.29) is 5.17 Å². The fourth-order valence-corrected chi connectivity index (χ4v) is 0.651. The van der Waals surface area contributed by atoms with E-state index in [1.54, 1.807) is 0 Å². The van der Waals surface area contributed by atoms with Crippen LogP contribution in [0.15, 0.2) is 0 Å². The summed E-state index contributed by atoms with van der Waals surface area (Å²) >= 11 is 0. The highest BCUT2D eigenvalue weighted by molar-refractivity contribution is 5.88. The predicted octanol–water partition coefficient (Wildman–Crippen LogP) is -3.05. The maximum Gasteiger partial charge on any atom is 0.214 e. The van der Waals surface area contributed by atoms with Gasteiger partial charge in [0, 0.05) is 0 Å². The number of hydrogen-bond acceptors (Lipinski definition) is 7. The minimum Gasteiger partial charge on any atom is -0.368 e. The van der Waals surface area contributed by atoms with Gasteiger partial charge in [0.05, 0.1) is 0 Å². The molecule has 1 aliphatic rings. The number of ketones is 1. The maximum absolute atomic E-state index is 10.6. The smallest absolute Gasteiger partial charge is 0.214 e. The molecule has 0 aromatic rings. The average Bonchev–Trinajstić information content (AvgIpc) is 2.07. The lowest BCUT2D eigenvalue weighted by molar-refractivity contribution is -0.286. The van der Waals surface area contributed by atoms with Crippen LogP contribution < -0.4 is 11.6 Å². The largest absolute Gasteiger partial charge is 0.368 e. The Hall–Kier alpha value is -0.570. The fourth-order valence-electron chi connectivity index (χ4n) is 0.651. The molecule has 1 saturated heterocycles. The van der Waals surface area contributed by atoms with Crippen molar-refractivity contribution in [3.05, 3.63) is 0 Å². The highest BCUT2D eigenvalue weighted by atomic mass is 16.6. The van der Waals surface area contributed by atoms with Gasteiger partial charge in [0.25, 0.3) is 0 Å². The van der Waals surface area contributed by atoms with Gasteiger partial charge < -0.3 is 10.8 Å². The van der Waals surface area contributed by atoms with Crippen LogP contribution in [0.4, 0.5) is 0 Å². The number of nitrogens with zero attached hydrogens (tertiary/aromatic N) is 2. The Balaban J connectivity index is 2.78. The van der Waals surface area contributed by atoms with Crippen molar-refractivity contribution in [2.24, 2.45) is 11.6 Å². The normalized spacial score (nSPS) is 37.4. The number of nitrogens with two attached hydrogens (primary N) is 2. The summed E-state index contributed by atoms with van der Waals surface area (Å²) in [5, 5.41) is 18.1. The van der Waals surface area contributed by atoms with E-state index in [2.05, 4.69) is 0 Å². The first-order chi connectivity index (χ1) is 4.55. The molecule has 0 bridgehead atoms. The molecule has 2 atom stereocenters. The molecule has 7 nitrogen and oxygen atoms in total. The molecule has 1 fully saturated rings. The van der Waals surface area contributed by atoms with Crippen molar-refractivity contribution < 1.29 is 15.1 Å². The highest BCUT2D eigenvalue weighted by Gasteiger charge is 2.42. The minimum atomic E-state index is -1.64. The second kappa shape index (κ2) is 2.23. The topological polar surface area (TPSA) is 116 Å². The minimum absolute atomic E-state index is 0.174. The van der Waals surface area contributed by atoms with Gasteiger partial charge in [-0.05, 0) is 0 Å². The molecule has 0 aliphatic carbocycles. The monoisotopic (exact) mass is 148 g/mol. The second-order valence-corrected chi connectivity index (χ2v) is 1.92. The van der Waals surface area contributed by atoms with Crippen molar-refractivity contribution in [2.75, 3.05) is 0 Å². The Kier molecular flexibility index (Phi) is 1.68. The van der Waals surface area contributed by atoms with Gasteiger partial charge in [-0.15, -0.1) is 5.12 Å². The van der Waals surface area contributed by atoms with Crippen molar-refractivity contribution in [2.45, 2.75) is 12.4 Å². The van der Waals surface area contributed by atoms with Gasteiger partial charge in [0.2, 0.25) is 12.0 Å². The quantitative estimate of drug-likeness (QED) is 0.270. The summed E-state index contributed by atoms with van der Waals surface area (Å²) in [6.07, 6.45) is -2.81. The molecule has 0 aromatic heterocycles. The molecular weight excluding hydrogens is 140 g/mol. The highest BCUT2D eigenvalue weighted by Crippen LogP contribution is 2.09. The van der Waals surface area contributed by atoms with Crippen molar-refractivity contribution in [3.63, 3.8) is 0 Å². The van der Waals surface area contributed by atoms with E-state index in [1.807, 2.05) is 0 Å². The number of carbonyl (C=O) groups is 1. The number of carbonyl (C=O) groups excluding carboxylic acids is 1. The zero-order chi connectivity index (χ0) is 7.89. The van der Waals surface area contributed by atoms with Crippen molar-refractivity contribution >= 4 is 5.78 Å². The van der Waals surface area contributed by atoms with Gasteiger partial charge in [-0.25, -0.2) is 0 Å². The summed E-state index contributed by atoms with van der Waals surface area (Å²) in [4.78, 5) is 10.6. The number of Topliss-reactive ketones (excluding diaryl/α,β-unsaturated/α-hetero) is 1. The number of hydrazine groups is 2. The molecule has 1 aliphatic heterocycles. The summed E-state index contributed by atoms with van der Waals surface area (Å²) < 4.78 is 0. The number of hydrogen-bond donors (Lipinski definition) is 4. The van der Waals surface area contributed by atoms with E-state index >= 15 is 0 Å². The van der Waals surface area contributed by atoms with Gasteiger partial charge in [-0.3, -0.25) is 15.8 Å². The van der Waals surface area contributed by atoms with E-state index in [4.69, 9.17) is 21.9 Å². The lowest BCUT2D eigenvalue weighted by Crippen LogP contribution is -2.50. The van der Waals surface area contributed by atoms with Gasteiger partial charge in [0.1, 0.15) is 0 Å². The number of aliphatic hydroxyl groups is 1. The van der Waals surface area contributed by atoms with E-state index in [0.29, 0.717) is 5.12 Å². The summed E-state index contributed by atoms with van der Waals surface area (Å²) in [7, 11) is 0. The zero-order valence-corrected chi connectivity index (χ0v) is 5.01. The van der Waals surface area contributed by atoms with Crippen LogP contribution in [0.2, 0.25) is 0 Å². The number of aliphatic hydroxyl groups excluding tert-OH is 1. The Morgan fingerprint density at radius 1 is 1.60 bits per heavy atom. The van der Waals surface area contributed by atoms with Crippen LogP contribution in [-0.4, -0.2) is 38.8 Å². The standard InChI is InChI=1S/C3H8N4O3/c4-2-1(8)3(9)7(10)6(2)5/h2-3,9-10H,4-5H2. The maximum atomic E-state index is 10.6. The second-order valence-electron chi connectivity index (χ2n) is 1.92. The Bertz CT molecular complexity index is 146. The predicted molar refractivity (Wildman–Crippen MR) is 28.6 cm³/mol. The summed E-state index contributed by atoms with van der Waals surface area (Å²) in [5.41, 5.74) is 5.09. The first kappa shape index (κ1) is 7.54. The first-order valence-corrected chi connectivity index (χ1v) is 2.55. The molecule has 1 heterocycles. The molecule has 1 rings (SSSR count). The fraction of sp³-hybridized carbons (Fsp3) is 0.667. The van der Waals surface area contributed by atoms with E-state index in [1.165, 1.54) is 0 Å². The molecule has 58 valence electrons. The van der Waals surface area contributed by atoms with Crippen LogP contribution >= 0.6 is 0 Å². The zero-order valence-electron chi connectivity index (χ0n) is 5.01. The molecule has 0 spiro atoms. The number of rotatable bonds is 0. The van der Waals surface area contributed by atoms with Gasteiger partial charge in [-0.1, -0.05) is 5.17 Å². The Morgan fingerprint density at radius 3 is 2.20 bits per heavy atom. The van der Waals surface area contributed by atoms with E-state index in [9.17, 15) is 4.79 Å². The van der Waals surface area contributed by atoms with Gasteiger partial charge in [-0.2, -0.15) is 0 Å². The van der Waals surface area contributed by atoms with Crippen molar-refractivity contribution in [1.82, 2.24) is 10.3 Å². The summed E-state index contributed by atoms with van der Waals surface area (Å²) in [6, 6.07) is 0. The van der Waals surface area contributed by atoms with Crippen LogP contribution in [0.25, 0.3) is 0 Å². The first-order valence-electron chi connectivity index (χ1n) is 2.55. The van der Waals surface area contributed by atoms with Crippen LogP contribution in [-0.2, 0) is 4.79 Å². The van der Waals surface area contributed by atoms with Crippen LogP contribution in [0.3, 0.4) is 0 Å². The van der Waals surface area contributed by atoms with Crippen molar-refractivity contribution in [3.8, 4) is 0 Å². The Labute approximate surface area is 56.3 Å².